The lowest BCUT2D eigenvalue weighted by Crippen LogP contribution is -2.19. The second kappa shape index (κ2) is 4.87. The molecular weight excluding hydrogens is 218 g/mol. The molecule has 1 fully saturated rings. The molecule has 1 aliphatic carbocycles. The summed E-state index contributed by atoms with van der Waals surface area (Å²) in [5.74, 6) is 0.695. The van der Waals surface area contributed by atoms with Crippen molar-refractivity contribution in [3.05, 3.63) is 17.5 Å². The minimum Gasteiger partial charge on any atom is -0.296 e. The van der Waals surface area contributed by atoms with Gasteiger partial charge in [0.15, 0.2) is 0 Å². The molecule has 0 aromatic carbocycles. The Hall–Kier alpha value is -1.03. The van der Waals surface area contributed by atoms with Crippen LogP contribution in [0.2, 0.25) is 0 Å². The van der Waals surface area contributed by atoms with E-state index in [4.69, 9.17) is 12.2 Å². The normalized spacial score (nSPS) is 15.8. The average molecular weight is 235 g/mol. The predicted molar refractivity (Wildman–Crippen MR) is 70.6 cm³/mol. The monoisotopic (exact) mass is 235 g/mol. The van der Waals surface area contributed by atoms with E-state index in [1.165, 1.54) is 25.0 Å². The summed E-state index contributed by atoms with van der Waals surface area (Å²) in [6, 6.07) is 2.19. The fourth-order valence-corrected chi connectivity index (χ4v) is 2.28. The Kier molecular flexibility index (Phi) is 3.49. The highest BCUT2D eigenvalue weighted by atomic mass is 32.1. The molecule has 1 aromatic rings. The van der Waals surface area contributed by atoms with Crippen LogP contribution in [0.4, 0.5) is 0 Å². The minimum absolute atomic E-state index is 0.554. The van der Waals surface area contributed by atoms with Crippen molar-refractivity contribution in [3.8, 4) is 0 Å². The van der Waals surface area contributed by atoms with E-state index in [1.54, 1.807) is 0 Å². The quantitative estimate of drug-likeness (QED) is 0.580. The molecule has 0 unspecified atom stereocenters. The third-order valence-electron chi connectivity index (χ3n) is 3.07. The minimum atomic E-state index is 0.554. The number of hydrogen-bond donors (Lipinski definition) is 0. The lowest BCUT2D eigenvalue weighted by atomic mass is 9.83. The Morgan fingerprint density at radius 3 is 3.00 bits per heavy atom. The molecule has 0 radical (unpaired) electrons. The van der Waals surface area contributed by atoms with Crippen molar-refractivity contribution < 1.29 is 0 Å². The van der Waals surface area contributed by atoms with E-state index >= 15 is 0 Å². The van der Waals surface area contributed by atoms with Gasteiger partial charge in [-0.2, -0.15) is 5.10 Å². The Labute approximate surface area is 102 Å². The van der Waals surface area contributed by atoms with Crippen molar-refractivity contribution in [1.82, 2.24) is 9.78 Å². The number of nitrogens with zero attached hydrogens (tertiary/aromatic N) is 3. The molecule has 0 amide bonds. The largest absolute Gasteiger partial charge is 0.296 e. The lowest BCUT2D eigenvalue weighted by molar-refractivity contribution is 0.395. The first-order valence-electron chi connectivity index (χ1n) is 5.69. The van der Waals surface area contributed by atoms with Crippen LogP contribution >= 0.6 is 12.2 Å². The molecule has 0 saturated heterocycles. The van der Waals surface area contributed by atoms with Crippen LogP contribution < -0.4 is 0 Å². The smallest absolute Gasteiger partial charge is 0.0744 e. The number of aryl methyl sites for hydroxylation is 1. The Bertz CT molecular complexity index is 404. The maximum absolute atomic E-state index is 5.25. The van der Waals surface area contributed by atoms with Gasteiger partial charge in [0.25, 0.3) is 0 Å². The van der Waals surface area contributed by atoms with Gasteiger partial charge in [0, 0.05) is 16.5 Å². The van der Waals surface area contributed by atoms with E-state index < -0.39 is 0 Å². The zero-order valence-electron chi connectivity index (χ0n) is 9.65. The van der Waals surface area contributed by atoms with Crippen molar-refractivity contribution >= 4 is 23.8 Å². The molecule has 16 heavy (non-hydrogen) atoms. The summed E-state index contributed by atoms with van der Waals surface area (Å²) >= 11 is 5.25. The van der Waals surface area contributed by atoms with E-state index in [0.717, 1.165) is 10.6 Å². The summed E-state index contributed by atoms with van der Waals surface area (Å²) in [6.45, 7) is 6.76. The maximum atomic E-state index is 5.25. The lowest BCUT2D eigenvalue weighted by Gasteiger charge is -2.26. The first-order chi connectivity index (χ1) is 7.70. The number of thiocarbonyl (C=S) groups is 1. The van der Waals surface area contributed by atoms with Gasteiger partial charge in [-0.15, -0.1) is 0 Å². The summed E-state index contributed by atoms with van der Waals surface area (Å²) in [4.78, 5) is 4.72. The molecule has 86 valence electrons. The van der Waals surface area contributed by atoms with E-state index in [2.05, 4.69) is 22.9 Å². The summed E-state index contributed by atoms with van der Waals surface area (Å²) in [6.07, 6.45) is 3.92. The van der Waals surface area contributed by atoms with Crippen molar-refractivity contribution in [2.45, 2.75) is 38.6 Å². The maximum Gasteiger partial charge on any atom is 0.0744 e. The van der Waals surface area contributed by atoms with Gasteiger partial charge in [-0.1, -0.05) is 18.6 Å². The fourth-order valence-electron chi connectivity index (χ4n) is 2.07. The van der Waals surface area contributed by atoms with Gasteiger partial charge in [-0.3, -0.25) is 9.67 Å². The number of hydrogen-bond acceptors (Lipinski definition) is 3. The molecule has 0 spiro atoms. The average Bonchev–Trinajstić information content (AvgIpc) is 2.44. The Morgan fingerprint density at radius 2 is 2.44 bits per heavy atom. The van der Waals surface area contributed by atoms with Gasteiger partial charge in [0.05, 0.1) is 18.8 Å². The highest BCUT2D eigenvalue weighted by Crippen LogP contribution is 2.36. The van der Waals surface area contributed by atoms with Crippen molar-refractivity contribution in [1.29, 1.82) is 0 Å². The molecule has 4 heteroatoms. The zero-order chi connectivity index (χ0) is 11.5. The fraction of sp³-hybridized carbons (Fsp3) is 0.583. The molecule has 1 aliphatic rings. The molecular formula is C12H17N3S. The molecule has 1 aromatic heterocycles. The van der Waals surface area contributed by atoms with Gasteiger partial charge in [0.2, 0.25) is 0 Å². The molecule has 3 nitrogen and oxygen atoms in total. The van der Waals surface area contributed by atoms with E-state index in [1.807, 2.05) is 11.6 Å². The molecule has 0 aliphatic heterocycles. The molecule has 1 heterocycles. The zero-order valence-corrected chi connectivity index (χ0v) is 10.5. The first kappa shape index (κ1) is 11.5. The highest BCUT2D eigenvalue weighted by Gasteiger charge is 2.23. The van der Waals surface area contributed by atoms with Gasteiger partial charge < -0.3 is 0 Å². The van der Waals surface area contributed by atoms with Crippen LogP contribution in [-0.4, -0.2) is 27.9 Å². The Morgan fingerprint density at radius 1 is 1.69 bits per heavy atom. The first-order valence-corrected chi connectivity index (χ1v) is 6.10. The van der Waals surface area contributed by atoms with Crippen LogP contribution in [0.25, 0.3) is 0 Å². The second-order valence-electron chi connectivity index (χ2n) is 4.42. The molecule has 0 N–H and O–H groups in total. The van der Waals surface area contributed by atoms with Crippen LogP contribution in [-0.2, 0) is 6.54 Å². The highest BCUT2D eigenvalue weighted by molar-refractivity contribution is 7.80. The third-order valence-corrected chi connectivity index (χ3v) is 3.33. The molecule has 1 saturated carbocycles. The summed E-state index contributed by atoms with van der Waals surface area (Å²) in [7, 11) is 0. The van der Waals surface area contributed by atoms with Crippen LogP contribution in [0.3, 0.4) is 0 Å². The Balaban J connectivity index is 2.12. The van der Waals surface area contributed by atoms with Gasteiger partial charge in [-0.05, 0) is 32.5 Å². The van der Waals surface area contributed by atoms with Crippen molar-refractivity contribution in [2.75, 3.05) is 6.54 Å². The van der Waals surface area contributed by atoms with E-state index in [0.29, 0.717) is 19.0 Å². The second-order valence-corrected chi connectivity index (χ2v) is 4.99. The summed E-state index contributed by atoms with van der Waals surface area (Å²) in [5, 5.41) is 4.50. The topological polar surface area (TPSA) is 30.2 Å². The molecule has 0 atom stereocenters. The summed E-state index contributed by atoms with van der Waals surface area (Å²) in [5.41, 5.74) is 2.42. The predicted octanol–water partition coefficient (Wildman–Crippen LogP) is 2.53. The third kappa shape index (κ3) is 2.38. The number of rotatable bonds is 5. The van der Waals surface area contributed by atoms with E-state index in [9.17, 15) is 0 Å². The van der Waals surface area contributed by atoms with Crippen molar-refractivity contribution in [2.24, 2.45) is 4.99 Å². The number of aromatic nitrogens is 2. The van der Waals surface area contributed by atoms with E-state index in [-0.39, 0.29) is 0 Å². The van der Waals surface area contributed by atoms with Crippen molar-refractivity contribution in [3.63, 3.8) is 0 Å². The van der Waals surface area contributed by atoms with Crippen LogP contribution in [0.15, 0.2) is 11.1 Å². The van der Waals surface area contributed by atoms with Gasteiger partial charge in [0.1, 0.15) is 0 Å². The molecule has 2 rings (SSSR count). The van der Waals surface area contributed by atoms with Gasteiger partial charge >= 0.3 is 0 Å². The van der Waals surface area contributed by atoms with Crippen LogP contribution in [0.1, 0.15) is 36.6 Å². The molecule has 0 bridgehead atoms. The summed E-state index contributed by atoms with van der Waals surface area (Å²) < 4.78 is 2.05. The van der Waals surface area contributed by atoms with Gasteiger partial charge in [-0.25, -0.2) is 0 Å². The number of aliphatic imine (C=N–C) groups is 1. The van der Waals surface area contributed by atoms with Crippen LogP contribution in [0, 0.1) is 6.92 Å². The van der Waals surface area contributed by atoms with Crippen LogP contribution in [0.5, 0.6) is 0 Å². The SMILES string of the molecule is C=NCC(=S)Cn1nc(C)cc1C1CCC1. The standard InChI is InChI=1S/C12H17N3S/c1-9-6-12(10-4-3-5-10)15(14-9)8-11(16)7-13-2/h6,10H,2-5,7-8H2,1H3.